The van der Waals surface area contributed by atoms with E-state index in [2.05, 4.69) is 15.2 Å². The molecule has 0 saturated carbocycles. The molecule has 1 aromatic carbocycles. The first kappa shape index (κ1) is 19.9. The molecule has 4 aromatic rings. The van der Waals surface area contributed by atoms with Gasteiger partial charge in [0.1, 0.15) is 12.4 Å². The van der Waals surface area contributed by atoms with Crippen molar-refractivity contribution >= 4 is 39.7 Å². The minimum absolute atomic E-state index is 0.0729. The minimum Gasteiger partial charge on any atom is -0.485 e. The van der Waals surface area contributed by atoms with Gasteiger partial charge in [0.2, 0.25) is 0 Å². The van der Waals surface area contributed by atoms with Crippen LogP contribution in [0.5, 0.6) is 5.75 Å². The van der Waals surface area contributed by atoms with Gasteiger partial charge in [-0.15, -0.1) is 21.5 Å². The summed E-state index contributed by atoms with van der Waals surface area (Å²) in [6, 6.07) is 7.08. The molecule has 0 atom stereocenters. The van der Waals surface area contributed by atoms with Crippen LogP contribution in [0.3, 0.4) is 0 Å². The van der Waals surface area contributed by atoms with E-state index in [-0.39, 0.29) is 5.56 Å². The van der Waals surface area contributed by atoms with E-state index in [1.54, 1.807) is 22.7 Å². The maximum absolute atomic E-state index is 12.1. The standard InChI is InChI=1S/C19H18ClN5O2S2/c1-3-24-16(10-27-15-5-4-13(20)8-12(15)2)22-23-19(24)29-11-14-9-17(26)25-6-7-28-18(25)21-14/h4-9H,3,10-11H2,1-2H3. The fourth-order valence-electron chi connectivity index (χ4n) is 2.87. The van der Waals surface area contributed by atoms with E-state index >= 15 is 0 Å². The molecule has 0 aliphatic rings. The van der Waals surface area contributed by atoms with Crippen LogP contribution in [0.15, 0.2) is 45.8 Å². The summed E-state index contributed by atoms with van der Waals surface area (Å²) in [6.45, 7) is 5.01. The van der Waals surface area contributed by atoms with Crippen molar-refractivity contribution in [2.75, 3.05) is 0 Å². The van der Waals surface area contributed by atoms with Crippen LogP contribution in [0, 0.1) is 6.92 Å². The lowest BCUT2D eigenvalue weighted by Gasteiger charge is -2.10. The molecule has 0 unspecified atom stereocenters. The molecule has 29 heavy (non-hydrogen) atoms. The molecule has 10 heteroatoms. The smallest absolute Gasteiger partial charge is 0.258 e. The SMILES string of the molecule is CCn1c(COc2ccc(Cl)cc2C)nnc1SCc1cc(=O)n2ccsc2n1. The third kappa shape index (κ3) is 4.31. The Hall–Kier alpha value is -2.36. The molecule has 0 bridgehead atoms. The number of fused-ring (bicyclic) bond motifs is 1. The Kier molecular flexibility index (Phi) is 5.89. The van der Waals surface area contributed by atoms with E-state index in [0.29, 0.717) is 28.9 Å². The van der Waals surface area contributed by atoms with Crippen molar-refractivity contribution in [2.24, 2.45) is 0 Å². The molecule has 0 fully saturated rings. The molecule has 0 aliphatic carbocycles. The fourth-order valence-corrected chi connectivity index (χ4v) is 4.75. The van der Waals surface area contributed by atoms with Crippen LogP contribution in [0.1, 0.15) is 24.0 Å². The second kappa shape index (κ2) is 8.56. The number of nitrogens with zero attached hydrogens (tertiary/aromatic N) is 5. The van der Waals surface area contributed by atoms with Crippen LogP contribution in [0.4, 0.5) is 0 Å². The summed E-state index contributed by atoms with van der Waals surface area (Å²) in [7, 11) is 0. The van der Waals surface area contributed by atoms with Crippen LogP contribution >= 0.6 is 34.7 Å². The summed E-state index contributed by atoms with van der Waals surface area (Å²) in [6.07, 6.45) is 1.73. The van der Waals surface area contributed by atoms with E-state index in [0.717, 1.165) is 28.0 Å². The van der Waals surface area contributed by atoms with Crippen molar-refractivity contribution < 1.29 is 4.74 Å². The number of thiazole rings is 1. The average Bonchev–Trinajstić information content (AvgIpc) is 3.32. The number of rotatable bonds is 7. The Morgan fingerprint density at radius 1 is 1.28 bits per heavy atom. The molecule has 0 saturated heterocycles. The second-order valence-electron chi connectivity index (χ2n) is 6.27. The topological polar surface area (TPSA) is 74.3 Å². The number of aromatic nitrogens is 5. The molecular weight excluding hydrogens is 430 g/mol. The van der Waals surface area contributed by atoms with Crippen LogP contribution in [0.25, 0.3) is 4.96 Å². The lowest BCUT2D eigenvalue weighted by Crippen LogP contribution is -2.12. The van der Waals surface area contributed by atoms with E-state index < -0.39 is 0 Å². The molecule has 0 amide bonds. The molecule has 4 rings (SSSR count). The highest BCUT2D eigenvalue weighted by Crippen LogP contribution is 2.24. The summed E-state index contributed by atoms with van der Waals surface area (Å²) in [5, 5.41) is 11.9. The van der Waals surface area contributed by atoms with Gasteiger partial charge < -0.3 is 9.30 Å². The maximum atomic E-state index is 12.1. The van der Waals surface area contributed by atoms with Crippen molar-refractivity contribution in [1.29, 1.82) is 0 Å². The monoisotopic (exact) mass is 447 g/mol. The fraction of sp³-hybridized carbons (Fsp3) is 0.263. The van der Waals surface area contributed by atoms with Crippen molar-refractivity contribution in [3.05, 3.63) is 68.3 Å². The minimum atomic E-state index is -0.0729. The lowest BCUT2D eigenvalue weighted by atomic mass is 10.2. The number of hydrogen-bond donors (Lipinski definition) is 0. The third-order valence-electron chi connectivity index (χ3n) is 4.31. The predicted octanol–water partition coefficient (Wildman–Crippen LogP) is 4.20. The van der Waals surface area contributed by atoms with E-state index in [9.17, 15) is 4.79 Å². The zero-order valence-corrected chi connectivity index (χ0v) is 18.2. The summed E-state index contributed by atoms with van der Waals surface area (Å²) >= 11 is 8.94. The van der Waals surface area contributed by atoms with Gasteiger partial charge in [-0.05, 0) is 37.6 Å². The quantitative estimate of drug-likeness (QED) is 0.395. The first-order valence-electron chi connectivity index (χ1n) is 8.94. The van der Waals surface area contributed by atoms with Gasteiger partial charge in [0, 0.05) is 35.0 Å². The van der Waals surface area contributed by atoms with Gasteiger partial charge in [-0.25, -0.2) is 4.98 Å². The summed E-state index contributed by atoms with van der Waals surface area (Å²) in [5.74, 6) is 2.05. The summed E-state index contributed by atoms with van der Waals surface area (Å²) < 4.78 is 9.45. The highest BCUT2D eigenvalue weighted by Gasteiger charge is 2.14. The molecule has 0 radical (unpaired) electrons. The van der Waals surface area contributed by atoms with Gasteiger partial charge in [0.05, 0.1) is 5.69 Å². The number of aryl methyl sites for hydroxylation is 1. The van der Waals surface area contributed by atoms with Crippen LogP contribution in [-0.4, -0.2) is 24.1 Å². The first-order chi connectivity index (χ1) is 14.0. The largest absolute Gasteiger partial charge is 0.485 e. The van der Waals surface area contributed by atoms with E-state index in [1.165, 1.54) is 23.1 Å². The average molecular weight is 448 g/mol. The maximum Gasteiger partial charge on any atom is 0.258 e. The Labute approximate surface area is 180 Å². The molecular formula is C19H18ClN5O2S2. The Balaban J connectivity index is 1.47. The van der Waals surface area contributed by atoms with Gasteiger partial charge >= 0.3 is 0 Å². The van der Waals surface area contributed by atoms with Gasteiger partial charge in [0.25, 0.3) is 5.56 Å². The number of halogens is 1. The predicted molar refractivity (Wildman–Crippen MR) is 115 cm³/mol. The zero-order chi connectivity index (χ0) is 20.4. The van der Waals surface area contributed by atoms with Crippen LogP contribution in [0.2, 0.25) is 5.02 Å². The first-order valence-corrected chi connectivity index (χ1v) is 11.2. The summed E-state index contributed by atoms with van der Waals surface area (Å²) in [4.78, 5) is 17.4. The lowest BCUT2D eigenvalue weighted by molar-refractivity contribution is 0.286. The third-order valence-corrected chi connectivity index (χ3v) is 6.30. The van der Waals surface area contributed by atoms with Gasteiger partial charge in [-0.3, -0.25) is 9.20 Å². The molecule has 7 nitrogen and oxygen atoms in total. The van der Waals surface area contributed by atoms with Crippen LogP contribution < -0.4 is 10.3 Å². The van der Waals surface area contributed by atoms with Gasteiger partial charge in [-0.2, -0.15) is 0 Å². The highest BCUT2D eigenvalue weighted by molar-refractivity contribution is 7.98. The normalized spacial score (nSPS) is 11.3. The molecule has 3 aromatic heterocycles. The van der Waals surface area contributed by atoms with Gasteiger partial charge in [-0.1, -0.05) is 23.4 Å². The van der Waals surface area contributed by atoms with Crippen LogP contribution in [-0.2, 0) is 18.9 Å². The Bertz CT molecular complexity index is 1220. The molecule has 0 aliphatic heterocycles. The van der Waals surface area contributed by atoms with Crippen molar-refractivity contribution in [1.82, 2.24) is 24.1 Å². The number of benzene rings is 1. The zero-order valence-electron chi connectivity index (χ0n) is 15.8. The highest BCUT2D eigenvalue weighted by atomic mass is 35.5. The molecule has 3 heterocycles. The van der Waals surface area contributed by atoms with E-state index in [4.69, 9.17) is 16.3 Å². The molecule has 0 spiro atoms. The molecule has 150 valence electrons. The second-order valence-corrected chi connectivity index (χ2v) is 8.52. The number of thioether (sulfide) groups is 1. The number of hydrogen-bond acceptors (Lipinski definition) is 7. The number of ether oxygens (including phenoxy) is 1. The van der Waals surface area contributed by atoms with E-state index in [1.807, 2.05) is 35.9 Å². The van der Waals surface area contributed by atoms with Crippen molar-refractivity contribution in [3.63, 3.8) is 0 Å². The summed E-state index contributed by atoms with van der Waals surface area (Å²) in [5.41, 5.74) is 1.62. The Morgan fingerprint density at radius 3 is 2.93 bits per heavy atom. The van der Waals surface area contributed by atoms with Crippen molar-refractivity contribution in [2.45, 2.75) is 37.9 Å². The van der Waals surface area contributed by atoms with Crippen molar-refractivity contribution in [3.8, 4) is 5.75 Å². The molecule has 0 N–H and O–H groups in total. The van der Waals surface area contributed by atoms with Gasteiger partial charge in [0.15, 0.2) is 15.9 Å². The Morgan fingerprint density at radius 2 is 2.14 bits per heavy atom.